The van der Waals surface area contributed by atoms with Gasteiger partial charge >= 0.3 is 0 Å². The second-order valence-electron chi connectivity index (χ2n) is 9.93. The minimum absolute atomic E-state index is 0.136. The second kappa shape index (κ2) is 9.07. The van der Waals surface area contributed by atoms with Gasteiger partial charge in [-0.15, -0.1) is 0 Å². The molecule has 1 N–H and O–H groups in total. The molecule has 2 heterocycles. The summed E-state index contributed by atoms with van der Waals surface area (Å²) in [6.45, 7) is 4.35. The minimum Gasteiger partial charge on any atom is -0.385 e. The number of halogens is 1. The zero-order chi connectivity index (χ0) is 23.0. The molecule has 1 amide bonds. The van der Waals surface area contributed by atoms with Crippen LogP contribution in [0.15, 0.2) is 36.4 Å². The Morgan fingerprint density at radius 2 is 1.76 bits per heavy atom. The lowest BCUT2D eigenvalue weighted by atomic mass is 9.85. The molecule has 3 aliphatic rings. The molecule has 2 aliphatic heterocycles. The molecule has 0 atom stereocenters. The van der Waals surface area contributed by atoms with Gasteiger partial charge in [0.05, 0.1) is 5.60 Å². The summed E-state index contributed by atoms with van der Waals surface area (Å²) in [4.78, 5) is 18.8. The number of anilines is 2. The molecule has 0 radical (unpaired) electrons. The maximum atomic E-state index is 15.3. The molecule has 2 aromatic carbocycles. The van der Waals surface area contributed by atoms with Crippen LogP contribution in [0.25, 0.3) is 0 Å². The second-order valence-corrected chi connectivity index (χ2v) is 9.93. The van der Waals surface area contributed by atoms with Crippen molar-refractivity contribution in [3.05, 3.63) is 58.9 Å². The van der Waals surface area contributed by atoms with E-state index in [-0.39, 0.29) is 11.7 Å². The normalized spacial score (nSPS) is 21.2. The van der Waals surface area contributed by atoms with Crippen LogP contribution in [0.1, 0.15) is 55.2 Å². The number of carbonyl (C=O) groups is 1. The molecular weight excluding hydrogens is 417 g/mol. The first-order valence-electron chi connectivity index (χ1n) is 12.3. The molecule has 0 bridgehead atoms. The van der Waals surface area contributed by atoms with Gasteiger partial charge in [-0.3, -0.25) is 4.79 Å². The van der Waals surface area contributed by atoms with Gasteiger partial charge in [0.15, 0.2) is 0 Å². The number of likely N-dealkylation sites (N-methyl/N-ethyl adjacent to an activating group) is 1. The number of benzene rings is 2. The lowest BCUT2D eigenvalue weighted by Crippen LogP contribution is -2.44. The molecule has 0 unspecified atom stereocenters. The maximum absolute atomic E-state index is 15.3. The Hall–Kier alpha value is -2.44. The fourth-order valence-corrected chi connectivity index (χ4v) is 5.75. The predicted octanol–water partition coefficient (Wildman–Crippen LogP) is 4.06. The number of amides is 1. The van der Waals surface area contributed by atoms with Crippen molar-refractivity contribution in [2.45, 2.75) is 50.5 Å². The van der Waals surface area contributed by atoms with E-state index in [1.165, 1.54) is 6.07 Å². The number of rotatable bonds is 5. The monoisotopic (exact) mass is 451 g/mol. The van der Waals surface area contributed by atoms with E-state index in [9.17, 15) is 9.90 Å². The standard InChI is InChI=1S/C27H34FN3O2/c1-29-14-16-30(17-15-29)25-7-4-6-24(28)22(25)19-20-18-21(31-13-5-8-26(31)32)9-10-23(20)27(33)11-2-3-12-27/h4,6-7,9-10,18,33H,2-3,5,8,11-17,19H2,1H3. The molecule has 3 fully saturated rings. The molecule has 1 aliphatic carbocycles. The van der Waals surface area contributed by atoms with Gasteiger partial charge in [-0.1, -0.05) is 25.0 Å². The van der Waals surface area contributed by atoms with Gasteiger partial charge < -0.3 is 19.8 Å². The third kappa shape index (κ3) is 4.38. The van der Waals surface area contributed by atoms with E-state index in [4.69, 9.17) is 0 Å². The number of hydrogen-bond donors (Lipinski definition) is 1. The van der Waals surface area contributed by atoms with Crippen LogP contribution in [0.2, 0.25) is 0 Å². The lowest BCUT2D eigenvalue weighted by molar-refractivity contribution is -0.117. The minimum atomic E-state index is -0.873. The lowest BCUT2D eigenvalue weighted by Gasteiger charge is -2.35. The van der Waals surface area contributed by atoms with Crippen LogP contribution < -0.4 is 9.80 Å². The summed E-state index contributed by atoms with van der Waals surface area (Å²) < 4.78 is 15.3. The molecular formula is C27H34FN3O2. The van der Waals surface area contributed by atoms with Crippen LogP contribution in [-0.4, -0.2) is 55.7 Å². The summed E-state index contributed by atoms with van der Waals surface area (Å²) in [7, 11) is 2.11. The zero-order valence-electron chi connectivity index (χ0n) is 19.5. The first-order valence-corrected chi connectivity index (χ1v) is 12.3. The van der Waals surface area contributed by atoms with E-state index in [1.54, 1.807) is 6.07 Å². The van der Waals surface area contributed by atoms with E-state index in [0.717, 1.165) is 80.8 Å². The summed E-state index contributed by atoms with van der Waals surface area (Å²) in [6, 6.07) is 11.3. The highest BCUT2D eigenvalue weighted by molar-refractivity contribution is 5.95. The predicted molar refractivity (Wildman–Crippen MR) is 129 cm³/mol. The van der Waals surface area contributed by atoms with Crippen molar-refractivity contribution >= 4 is 17.3 Å². The largest absolute Gasteiger partial charge is 0.385 e. The summed E-state index contributed by atoms with van der Waals surface area (Å²) in [5.41, 5.74) is 3.42. The van der Waals surface area contributed by atoms with E-state index in [0.29, 0.717) is 24.9 Å². The molecule has 6 heteroatoms. The van der Waals surface area contributed by atoms with E-state index >= 15 is 4.39 Å². The number of aliphatic hydroxyl groups is 1. The summed E-state index contributed by atoms with van der Waals surface area (Å²) in [5.74, 6) is -0.0734. The highest BCUT2D eigenvalue weighted by Crippen LogP contribution is 2.42. The molecule has 0 spiro atoms. The highest BCUT2D eigenvalue weighted by Gasteiger charge is 2.36. The molecule has 0 aromatic heterocycles. The smallest absolute Gasteiger partial charge is 0.227 e. The van der Waals surface area contributed by atoms with Crippen molar-refractivity contribution in [1.82, 2.24) is 4.90 Å². The molecule has 1 saturated carbocycles. The van der Waals surface area contributed by atoms with Gasteiger partial charge in [0, 0.05) is 62.5 Å². The number of hydrogen-bond acceptors (Lipinski definition) is 4. The molecule has 176 valence electrons. The first-order chi connectivity index (χ1) is 15.9. The Labute approximate surface area is 195 Å². The summed E-state index contributed by atoms with van der Waals surface area (Å²) in [6.07, 6.45) is 5.28. The Balaban J connectivity index is 1.55. The SMILES string of the molecule is CN1CCN(c2cccc(F)c2Cc2cc(N3CCCC3=O)ccc2C2(O)CCCC2)CC1. The van der Waals surface area contributed by atoms with Crippen LogP contribution >= 0.6 is 0 Å². The molecule has 5 nitrogen and oxygen atoms in total. The van der Waals surface area contributed by atoms with Gasteiger partial charge in [0.2, 0.25) is 5.91 Å². The van der Waals surface area contributed by atoms with Crippen LogP contribution in [0, 0.1) is 5.82 Å². The number of nitrogens with zero attached hydrogens (tertiary/aromatic N) is 3. The van der Waals surface area contributed by atoms with Gasteiger partial charge in [0.1, 0.15) is 5.82 Å². The van der Waals surface area contributed by atoms with Gasteiger partial charge in [-0.05, 0) is 61.7 Å². The van der Waals surface area contributed by atoms with Crippen molar-refractivity contribution in [2.75, 3.05) is 49.6 Å². The van der Waals surface area contributed by atoms with Crippen LogP contribution in [0.5, 0.6) is 0 Å². The Bertz CT molecular complexity index is 1030. The van der Waals surface area contributed by atoms with Crippen molar-refractivity contribution in [1.29, 1.82) is 0 Å². The average Bonchev–Trinajstić information content (AvgIpc) is 3.44. The maximum Gasteiger partial charge on any atom is 0.227 e. The van der Waals surface area contributed by atoms with Crippen molar-refractivity contribution in [3.63, 3.8) is 0 Å². The number of piperazine rings is 1. The molecule has 33 heavy (non-hydrogen) atoms. The van der Waals surface area contributed by atoms with Gasteiger partial charge in [-0.25, -0.2) is 4.39 Å². The van der Waals surface area contributed by atoms with Crippen molar-refractivity contribution < 1.29 is 14.3 Å². The third-order valence-electron chi connectivity index (χ3n) is 7.71. The summed E-state index contributed by atoms with van der Waals surface area (Å²) in [5, 5.41) is 11.5. The van der Waals surface area contributed by atoms with Gasteiger partial charge in [-0.2, -0.15) is 0 Å². The zero-order valence-corrected chi connectivity index (χ0v) is 19.5. The van der Waals surface area contributed by atoms with Crippen LogP contribution in [0.4, 0.5) is 15.8 Å². The number of carbonyl (C=O) groups excluding carboxylic acids is 1. The van der Waals surface area contributed by atoms with E-state index in [2.05, 4.69) is 16.8 Å². The topological polar surface area (TPSA) is 47.0 Å². The van der Waals surface area contributed by atoms with E-state index in [1.807, 2.05) is 29.2 Å². The van der Waals surface area contributed by atoms with Crippen molar-refractivity contribution in [3.8, 4) is 0 Å². The fraction of sp³-hybridized carbons (Fsp3) is 0.519. The fourth-order valence-electron chi connectivity index (χ4n) is 5.75. The van der Waals surface area contributed by atoms with Gasteiger partial charge in [0.25, 0.3) is 0 Å². The first kappa shape index (κ1) is 22.4. The Kier molecular flexibility index (Phi) is 6.14. The van der Waals surface area contributed by atoms with Crippen LogP contribution in [-0.2, 0) is 16.8 Å². The third-order valence-corrected chi connectivity index (χ3v) is 7.71. The van der Waals surface area contributed by atoms with E-state index < -0.39 is 5.60 Å². The molecule has 2 saturated heterocycles. The van der Waals surface area contributed by atoms with Crippen molar-refractivity contribution in [2.24, 2.45) is 0 Å². The average molecular weight is 452 g/mol. The molecule has 2 aromatic rings. The quantitative estimate of drug-likeness (QED) is 0.745. The highest BCUT2D eigenvalue weighted by atomic mass is 19.1. The Morgan fingerprint density at radius 1 is 1.00 bits per heavy atom. The van der Waals surface area contributed by atoms with Crippen LogP contribution in [0.3, 0.4) is 0 Å². The Morgan fingerprint density at radius 3 is 2.45 bits per heavy atom. The summed E-state index contributed by atoms with van der Waals surface area (Å²) >= 11 is 0. The molecule has 5 rings (SSSR count).